The smallest absolute Gasteiger partial charge is 0.399 e. The van der Waals surface area contributed by atoms with Crippen LogP contribution in [-0.4, -0.2) is 33.1 Å². The fraction of sp³-hybridized carbons (Fsp3) is 0.647. The Labute approximate surface area is 138 Å². The SMILES string of the molecule is CCC(C)Cc1nnn2cc(B3OC(C)(C)C(C)(C)O3)ccc12. The summed E-state index contributed by atoms with van der Waals surface area (Å²) in [5.41, 5.74) is 2.41. The van der Waals surface area contributed by atoms with Crippen LogP contribution in [0.25, 0.3) is 5.52 Å². The lowest BCUT2D eigenvalue weighted by Crippen LogP contribution is -2.41. The minimum atomic E-state index is -0.369. The molecule has 2 aromatic heterocycles. The lowest BCUT2D eigenvalue weighted by Gasteiger charge is -2.32. The summed E-state index contributed by atoms with van der Waals surface area (Å²) in [5.74, 6) is 0.610. The summed E-state index contributed by atoms with van der Waals surface area (Å²) in [5, 5.41) is 8.61. The number of fused-ring (bicyclic) bond motifs is 1. The Morgan fingerprint density at radius 1 is 1.17 bits per heavy atom. The molecule has 0 spiro atoms. The number of rotatable bonds is 4. The van der Waals surface area contributed by atoms with Gasteiger partial charge in [-0.2, -0.15) is 0 Å². The largest absolute Gasteiger partial charge is 0.496 e. The van der Waals surface area contributed by atoms with Crippen molar-refractivity contribution in [2.24, 2.45) is 5.92 Å². The van der Waals surface area contributed by atoms with Crippen LogP contribution < -0.4 is 5.46 Å². The van der Waals surface area contributed by atoms with Crippen molar-refractivity contribution < 1.29 is 9.31 Å². The monoisotopic (exact) mass is 315 g/mol. The van der Waals surface area contributed by atoms with Gasteiger partial charge in [0.1, 0.15) is 0 Å². The fourth-order valence-electron chi connectivity index (χ4n) is 2.70. The Kier molecular flexibility index (Phi) is 4.01. The van der Waals surface area contributed by atoms with Crippen LogP contribution in [0.1, 0.15) is 53.7 Å². The fourth-order valence-corrected chi connectivity index (χ4v) is 2.70. The molecule has 6 heteroatoms. The molecule has 0 bridgehead atoms. The molecule has 1 aliphatic rings. The topological polar surface area (TPSA) is 48.7 Å². The Morgan fingerprint density at radius 2 is 1.83 bits per heavy atom. The van der Waals surface area contributed by atoms with E-state index in [2.05, 4.69) is 64.0 Å². The number of hydrogen-bond acceptors (Lipinski definition) is 4. The van der Waals surface area contributed by atoms with Crippen LogP contribution in [0.5, 0.6) is 0 Å². The minimum Gasteiger partial charge on any atom is -0.399 e. The minimum absolute atomic E-state index is 0.337. The summed E-state index contributed by atoms with van der Waals surface area (Å²) >= 11 is 0. The second-order valence-electron chi connectivity index (χ2n) is 7.63. The molecule has 0 aliphatic carbocycles. The maximum absolute atomic E-state index is 6.10. The van der Waals surface area contributed by atoms with Gasteiger partial charge in [0.25, 0.3) is 0 Å². The van der Waals surface area contributed by atoms with Crippen LogP contribution in [0, 0.1) is 5.92 Å². The third kappa shape index (κ3) is 2.90. The highest BCUT2D eigenvalue weighted by molar-refractivity contribution is 6.62. The maximum atomic E-state index is 6.10. The summed E-state index contributed by atoms with van der Waals surface area (Å²) < 4.78 is 14.0. The van der Waals surface area contributed by atoms with Gasteiger partial charge in [-0.1, -0.05) is 31.5 Å². The van der Waals surface area contributed by atoms with E-state index in [1.165, 1.54) is 0 Å². The summed E-state index contributed by atoms with van der Waals surface area (Å²) in [6.45, 7) is 12.7. The van der Waals surface area contributed by atoms with E-state index in [0.717, 1.165) is 29.5 Å². The molecule has 0 amide bonds. The second kappa shape index (κ2) is 5.60. The van der Waals surface area contributed by atoms with Crippen molar-refractivity contribution in [1.82, 2.24) is 14.8 Å². The molecular formula is C17H26BN3O2. The van der Waals surface area contributed by atoms with Gasteiger partial charge in [0.05, 0.1) is 22.4 Å². The number of nitrogens with zero attached hydrogens (tertiary/aromatic N) is 3. The molecule has 3 heterocycles. The predicted octanol–water partition coefficient (Wildman–Crippen LogP) is 2.62. The van der Waals surface area contributed by atoms with Gasteiger partial charge in [-0.3, -0.25) is 0 Å². The molecule has 3 rings (SSSR count). The number of aromatic nitrogens is 3. The summed E-state index contributed by atoms with van der Waals surface area (Å²) in [6.07, 6.45) is 4.06. The Bertz CT molecular complexity index is 695. The van der Waals surface area contributed by atoms with E-state index in [1.807, 2.05) is 10.7 Å². The Hall–Kier alpha value is -1.40. The molecule has 1 fully saturated rings. The first-order chi connectivity index (χ1) is 10.7. The van der Waals surface area contributed by atoms with E-state index in [9.17, 15) is 0 Å². The molecule has 0 aromatic carbocycles. The zero-order valence-electron chi connectivity index (χ0n) is 15.0. The molecular weight excluding hydrogens is 289 g/mol. The predicted molar refractivity (Wildman–Crippen MR) is 91.9 cm³/mol. The standard InChI is InChI=1S/C17H26BN3O2/c1-7-12(2)10-14-15-9-8-13(11-21(15)20-19-14)18-22-16(3,4)17(5,6)23-18/h8-9,11-12H,7,10H2,1-6H3. The normalized spacial score (nSPS) is 21.0. The van der Waals surface area contributed by atoms with Crippen molar-refractivity contribution in [2.45, 2.75) is 65.6 Å². The van der Waals surface area contributed by atoms with Crippen LogP contribution >= 0.6 is 0 Å². The van der Waals surface area contributed by atoms with Gasteiger partial charge in [0.15, 0.2) is 0 Å². The molecule has 23 heavy (non-hydrogen) atoms. The second-order valence-corrected chi connectivity index (χ2v) is 7.63. The van der Waals surface area contributed by atoms with Crippen molar-refractivity contribution in [3.8, 4) is 0 Å². The van der Waals surface area contributed by atoms with E-state index in [0.29, 0.717) is 5.92 Å². The van der Waals surface area contributed by atoms with Crippen LogP contribution in [0.15, 0.2) is 18.3 Å². The molecule has 124 valence electrons. The van der Waals surface area contributed by atoms with Gasteiger partial charge < -0.3 is 9.31 Å². The molecule has 0 N–H and O–H groups in total. The van der Waals surface area contributed by atoms with Gasteiger partial charge in [0, 0.05) is 11.7 Å². The lowest BCUT2D eigenvalue weighted by atomic mass is 9.80. The third-order valence-corrected chi connectivity index (χ3v) is 5.27. The van der Waals surface area contributed by atoms with Gasteiger partial charge in [-0.05, 0) is 46.1 Å². The van der Waals surface area contributed by atoms with Gasteiger partial charge >= 0.3 is 7.12 Å². The van der Waals surface area contributed by atoms with E-state index in [1.54, 1.807) is 0 Å². The molecule has 5 nitrogen and oxygen atoms in total. The average Bonchev–Trinajstić information content (AvgIpc) is 2.97. The van der Waals surface area contributed by atoms with Gasteiger partial charge in [-0.15, -0.1) is 5.10 Å². The summed E-state index contributed by atoms with van der Waals surface area (Å²) in [4.78, 5) is 0. The number of hydrogen-bond donors (Lipinski definition) is 0. The van der Waals surface area contributed by atoms with Crippen molar-refractivity contribution in [1.29, 1.82) is 0 Å². The van der Waals surface area contributed by atoms with Crippen molar-refractivity contribution in [3.05, 3.63) is 24.0 Å². The molecule has 2 aromatic rings. The van der Waals surface area contributed by atoms with Crippen molar-refractivity contribution in [2.75, 3.05) is 0 Å². The lowest BCUT2D eigenvalue weighted by molar-refractivity contribution is 0.00578. The quantitative estimate of drug-likeness (QED) is 0.814. The first kappa shape index (κ1) is 16.5. The van der Waals surface area contributed by atoms with E-state index in [-0.39, 0.29) is 18.3 Å². The summed E-state index contributed by atoms with van der Waals surface area (Å²) in [7, 11) is -0.369. The third-order valence-electron chi connectivity index (χ3n) is 5.27. The van der Waals surface area contributed by atoms with Crippen LogP contribution in [0.2, 0.25) is 0 Å². The first-order valence-corrected chi connectivity index (χ1v) is 8.43. The van der Waals surface area contributed by atoms with Crippen molar-refractivity contribution >= 4 is 18.1 Å². The van der Waals surface area contributed by atoms with E-state index < -0.39 is 0 Å². The van der Waals surface area contributed by atoms with Gasteiger partial charge in [-0.25, -0.2) is 4.52 Å². The molecule has 0 saturated carbocycles. The zero-order chi connectivity index (χ0) is 16.8. The van der Waals surface area contributed by atoms with Crippen LogP contribution in [0.3, 0.4) is 0 Å². The van der Waals surface area contributed by atoms with Crippen LogP contribution in [-0.2, 0) is 15.7 Å². The molecule has 0 radical (unpaired) electrons. The highest BCUT2D eigenvalue weighted by atomic mass is 16.7. The van der Waals surface area contributed by atoms with Crippen LogP contribution in [0.4, 0.5) is 0 Å². The van der Waals surface area contributed by atoms with Crippen molar-refractivity contribution in [3.63, 3.8) is 0 Å². The molecule has 1 saturated heterocycles. The van der Waals surface area contributed by atoms with E-state index >= 15 is 0 Å². The molecule has 1 unspecified atom stereocenters. The molecule has 1 aliphatic heterocycles. The summed E-state index contributed by atoms with van der Waals surface area (Å²) in [6, 6.07) is 4.12. The average molecular weight is 315 g/mol. The highest BCUT2D eigenvalue weighted by Crippen LogP contribution is 2.36. The molecule has 1 atom stereocenters. The Balaban J connectivity index is 1.88. The zero-order valence-corrected chi connectivity index (χ0v) is 15.0. The first-order valence-electron chi connectivity index (χ1n) is 8.43. The van der Waals surface area contributed by atoms with Gasteiger partial charge in [0.2, 0.25) is 0 Å². The maximum Gasteiger partial charge on any atom is 0.496 e. The number of pyridine rings is 1. The van der Waals surface area contributed by atoms with E-state index in [4.69, 9.17) is 9.31 Å². The Morgan fingerprint density at radius 3 is 2.43 bits per heavy atom. The highest BCUT2D eigenvalue weighted by Gasteiger charge is 2.51.